The second kappa shape index (κ2) is 11.0. The Morgan fingerprint density at radius 3 is 2.62 bits per heavy atom. The Labute approximate surface area is 215 Å². The van der Waals surface area contributed by atoms with Crippen molar-refractivity contribution in [2.24, 2.45) is 0 Å². The van der Waals surface area contributed by atoms with Crippen LogP contribution >= 0.6 is 0 Å². The molecule has 0 saturated carbocycles. The maximum Gasteiger partial charge on any atom is 0.251 e. The summed E-state index contributed by atoms with van der Waals surface area (Å²) in [5.41, 5.74) is 3.16. The predicted molar refractivity (Wildman–Crippen MR) is 139 cm³/mol. The molecule has 1 aliphatic heterocycles. The maximum absolute atomic E-state index is 14.0. The number of carbonyl (C=O) groups excluding carboxylic acids is 2. The van der Waals surface area contributed by atoms with Gasteiger partial charge in [0, 0.05) is 18.8 Å². The number of aromatic nitrogens is 3. The smallest absolute Gasteiger partial charge is 0.251 e. The number of ether oxygens (including phenoxy) is 1. The van der Waals surface area contributed by atoms with E-state index in [4.69, 9.17) is 9.15 Å². The van der Waals surface area contributed by atoms with E-state index < -0.39 is 6.04 Å². The molecule has 2 aromatic heterocycles. The lowest BCUT2D eigenvalue weighted by molar-refractivity contribution is -0.127. The van der Waals surface area contributed by atoms with E-state index in [1.54, 1.807) is 16.8 Å². The Kier molecular flexibility index (Phi) is 7.32. The van der Waals surface area contributed by atoms with Gasteiger partial charge in [0.25, 0.3) is 5.91 Å². The summed E-state index contributed by atoms with van der Waals surface area (Å²) in [6, 6.07) is 17.6. The third-order valence-electron chi connectivity index (χ3n) is 6.66. The summed E-state index contributed by atoms with van der Waals surface area (Å²) in [6.07, 6.45) is 3.34. The number of furan rings is 1. The molecule has 2 atom stereocenters. The molecule has 192 valence electrons. The van der Waals surface area contributed by atoms with Crippen LogP contribution in [0.1, 0.15) is 50.0 Å². The van der Waals surface area contributed by atoms with Crippen LogP contribution in [0.4, 0.5) is 5.69 Å². The van der Waals surface area contributed by atoms with Gasteiger partial charge in [-0.25, -0.2) is 4.68 Å². The normalized spacial score (nSPS) is 16.2. The molecule has 2 aromatic carbocycles. The van der Waals surface area contributed by atoms with Gasteiger partial charge in [0.05, 0.1) is 17.9 Å². The highest BCUT2D eigenvalue weighted by Gasteiger charge is 2.35. The predicted octanol–water partition coefficient (Wildman–Crippen LogP) is 4.22. The van der Waals surface area contributed by atoms with Gasteiger partial charge < -0.3 is 14.5 Å². The van der Waals surface area contributed by atoms with Crippen molar-refractivity contribution in [3.63, 3.8) is 0 Å². The molecular weight excluding hydrogens is 470 g/mol. The average Bonchev–Trinajstić information content (AvgIpc) is 3.69. The largest absolute Gasteiger partial charge is 0.467 e. The molecule has 1 fully saturated rings. The molecule has 1 N–H and O–H groups in total. The highest BCUT2D eigenvalue weighted by molar-refractivity contribution is 6.01. The lowest BCUT2D eigenvalue weighted by Gasteiger charge is -2.30. The standard InChI is InChI=1S/C28H31N5O4/c1-19(2)20-11-13-21(14-12-20)33(26(34)18-32-24-9-4-3-8-23(24)30-31-32)27(25-10-6-16-37-25)28(35)29-17-22-7-5-15-36-22/h3-4,6,8-14,16,19,22,27H,5,7,15,17-18H2,1-2H3,(H,29,35). The van der Waals surface area contributed by atoms with Crippen LogP contribution in [-0.4, -0.2) is 46.1 Å². The van der Waals surface area contributed by atoms with Crippen LogP contribution in [0, 0.1) is 0 Å². The number of anilines is 1. The van der Waals surface area contributed by atoms with E-state index in [0.29, 0.717) is 36.0 Å². The molecule has 37 heavy (non-hydrogen) atoms. The highest BCUT2D eigenvalue weighted by Crippen LogP contribution is 2.30. The van der Waals surface area contributed by atoms with E-state index in [1.165, 1.54) is 11.2 Å². The van der Waals surface area contributed by atoms with Crippen LogP contribution in [0.25, 0.3) is 11.0 Å². The van der Waals surface area contributed by atoms with E-state index in [1.807, 2.05) is 48.5 Å². The van der Waals surface area contributed by atoms with Crippen molar-refractivity contribution in [3.05, 3.63) is 78.3 Å². The Morgan fingerprint density at radius 1 is 1.11 bits per heavy atom. The van der Waals surface area contributed by atoms with Crippen LogP contribution in [0.2, 0.25) is 0 Å². The summed E-state index contributed by atoms with van der Waals surface area (Å²) in [5, 5.41) is 11.3. The molecule has 4 aromatic rings. The van der Waals surface area contributed by atoms with Crippen LogP contribution in [0.3, 0.4) is 0 Å². The zero-order valence-corrected chi connectivity index (χ0v) is 21.0. The molecule has 9 nitrogen and oxygen atoms in total. The molecule has 5 rings (SSSR count). The highest BCUT2D eigenvalue weighted by atomic mass is 16.5. The minimum Gasteiger partial charge on any atom is -0.467 e. The van der Waals surface area contributed by atoms with E-state index in [0.717, 1.165) is 23.9 Å². The van der Waals surface area contributed by atoms with Crippen molar-refractivity contribution in [1.82, 2.24) is 20.3 Å². The molecule has 3 heterocycles. The van der Waals surface area contributed by atoms with Gasteiger partial charge in [-0.1, -0.05) is 43.3 Å². The van der Waals surface area contributed by atoms with Crippen molar-refractivity contribution in [3.8, 4) is 0 Å². The van der Waals surface area contributed by atoms with E-state index in [-0.39, 0.29) is 24.5 Å². The van der Waals surface area contributed by atoms with Gasteiger partial charge >= 0.3 is 0 Å². The van der Waals surface area contributed by atoms with Crippen molar-refractivity contribution < 1.29 is 18.7 Å². The van der Waals surface area contributed by atoms with Gasteiger partial charge in [0.1, 0.15) is 17.8 Å². The van der Waals surface area contributed by atoms with E-state index in [2.05, 4.69) is 29.5 Å². The number of amides is 2. The third-order valence-corrected chi connectivity index (χ3v) is 6.66. The number of nitrogens with zero attached hydrogens (tertiary/aromatic N) is 4. The topological polar surface area (TPSA) is 102 Å². The molecule has 0 bridgehead atoms. The van der Waals surface area contributed by atoms with Gasteiger partial charge in [0.2, 0.25) is 5.91 Å². The number of hydrogen-bond acceptors (Lipinski definition) is 6. The first-order valence-electron chi connectivity index (χ1n) is 12.6. The Bertz CT molecular complexity index is 1340. The fraction of sp³-hybridized carbons (Fsp3) is 0.357. The van der Waals surface area contributed by atoms with Crippen LogP contribution in [-0.2, 0) is 20.9 Å². The molecule has 1 saturated heterocycles. The Hall–Kier alpha value is -3.98. The summed E-state index contributed by atoms with van der Waals surface area (Å²) in [5.74, 6) is 0.0432. The molecule has 2 amide bonds. The maximum atomic E-state index is 14.0. The zero-order valence-electron chi connectivity index (χ0n) is 21.0. The number of rotatable bonds is 9. The summed E-state index contributed by atoms with van der Waals surface area (Å²) < 4.78 is 12.9. The van der Waals surface area contributed by atoms with Crippen LogP contribution < -0.4 is 10.2 Å². The van der Waals surface area contributed by atoms with Crippen molar-refractivity contribution in [2.45, 2.75) is 51.3 Å². The second-order valence-corrected chi connectivity index (χ2v) is 9.54. The third kappa shape index (κ3) is 5.41. The summed E-state index contributed by atoms with van der Waals surface area (Å²) in [7, 11) is 0. The fourth-order valence-corrected chi connectivity index (χ4v) is 4.63. The minimum atomic E-state index is -1.01. The number of nitrogens with one attached hydrogen (secondary N) is 1. The van der Waals surface area contributed by atoms with Crippen LogP contribution in [0.5, 0.6) is 0 Å². The molecule has 2 unspecified atom stereocenters. The lowest BCUT2D eigenvalue weighted by Crippen LogP contribution is -2.46. The van der Waals surface area contributed by atoms with E-state index in [9.17, 15) is 9.59 Å². The fourth-order valence-electron chi connectivity index (χ4n) is 4.63. The molecular formula is C28H31N5O4. The number of fused-ring (bicyclic) bond motifs is 1. The Morgan fingerprint density at radius 2 is 1.92 bits per heavy atom. The van der Waals surface area contributed by atoms with Gasteiger partial charge in [0.15, 0.2) is 6.04 Å². The van der Waals surface area contributed by atoms with Crippen LogP contribution in [0.15, 0.2) is 71.3 Å². The summed E-state index contributed by atoms with van der Waals surface area (Å²) >= 11 is 0. The minimum absolute atomic E-state index is 0.0304. The lowest BCUT2D eigenvalue weighted by atomic mass is 10.0. The van der Waals surface area contributed by atoms with Crippen molar-refractivity contribution >= 4 is 28.5 Å². The number of para-hydroxylation sites is 1. The van der Waals surface area contributed by atoms with Crippen molar-refractivity contribution in [2.75, 3.05) is 18.1 Å². The van der Waals surface area contributed by atoms with Crippen molar-refractivity contribution in [1.29, 1.82) is 0 Å². The Balaban J connectivity index is 1.50. The second-order valence-electron chi connectivity index (χ2n) is 9.54. The first-order valence-corrected chi connectivity index (χ1v) is 12.6. The molecule has 0 spiro atoms. The quantitative estimate of drug-likeness (QED) is 0.368. The number of hydrogen-bond donors (Lipinski definition) is 1. The van der Waals surface area contributed by atoms with Gasteiger partial charge in [-0.3, -0.25) is 14.5 Å². The summed E-state index contributed by atoms with van der Waals surface area (Å²) in [4.78, 5) is 29.1. The average molecular weight is 502 g/mol. The van der Waals surface area contributed by atoms with Gasteiger partial charge in [-0.05, 0) is 60.7 Å². The molecule has 1 aliphatic rings. The first-order chi connectivity index (χ1) is 18.0. The number of benzene rings is 2. The number of carbonyl (C=O) groups is 2. The molecule has 9 heteroatoms. The monoisotopic (exact) mass is 501 g/mol. The first kappa shape index (κ1) is 24.7. The zero-order chi connectivity index (χ0) is 25.8. The van der Waals surface area contributed by atoms with E-state index >= 15 is 0 Å². The van der Waals surface area contributed by atoms with Gasteiger partial charge in [-0.15, -0.1) is 5.10 Å². The SMILES string of the molecule is CC(C)c1ccc(N(C(=O)Cn2nnc3ccccc32)C(C(=O)NCC2CCCO2)c2ccco2)cc1. The molecule has 0 aliphatic carbocycles. The van der Waals surface area contributed by atoms with Gasteiger partial charge in [-0.2, -0.15) is 0 Å². The molecule has 0 radical (unpaired) electrons. The summed E-state index contributed by atoms with van der Waals surface area (Å²) in [6.45, 7) is 5.19.